The number of halogens is 1. The number of carbonyl (C=O) groups excluding carboxylic acids is 1. The molecule has 1 aromatic carbocycles. The number of methoxy groups -OCH3 is 1. The number of H-pyrrole nitrogens is 1. The Morgan fingerprint density at radius 2 is 2.08 bits per heavy atom. The first-order valence-electron chi connectivity index (χ1n) is 13.5. The number of aromatic amines is 1. The van der Waals surface area contributed by atoms with Crippen LogP contribution in [-0.4, -0.2) is 92.5 Å². The smallest absolute Gasteiger partial charge is 0.256 e. The molecule has 2 saturated heterocycles. The van der Waals surface area contributed by atoms with Crippen LogP contribution >= 0.6 is 0 Å². The maximum absolute atomic E-state index is 14.5. The van der Waals surface area contributed by atoms with Gasteiger partial charge < -0.3 is 25.3 Å². The molecule has 40 heavy (non-hydrogen) atoms. The third-order valence-corrected chi connectivity index (χ3v) is 7.86. The minimum Gasteiger partial charge on any atom is -0.478 e. The average Bonchev–Trinajstić information content (AvgIpc) is 3.71. The summed E-state index contributed by atoms with van der Waals surface area (Å²) in [4.78, 5) is 30.3. The number of alkyl halides is 1. The molecule has 11 nitrogen and oxygen atoms in total. The fourth-order valence-corrected chi connectivity index (χ4v) is 5.92. The second-order valence-electron chi connectivity index (χ2n) is 10.7. The maximum Gasteiger partial charge on any atom is 0.256 e. The highest BCUT2D eigenvalue weighted by Gasteiger charge is 2.42. The number of benzene rings is 1. The monoisotopic (exact) mass is 547 g/mol. The van der Waals surface area contributed by atoms with Crippen LogP contribution in [0.3, 0.4) is 0 Å². The van der Waals surface area contributed by atoms with Crippen molar-refractivity contribution in [3.8, 4) is 17.1 Å². The number of para-hydroxylation sites is 1. The normalized spacial score (nSPS) is 21.8. The van der Waals surface area contributed by atoms with Crippen LogP contribution < -0.4 is 15.4 Å². The Hall–Kier alpha value is -4.03. The number of anilines is 3. The van der Waals surface area contributed by atoms with Crippen LogP contribution in [0.1, 0.15) is 18.4 Å². The fourth-order valence-electron chi connectivity index (χ4n) is 5.92. The number of likely N-dealkylation sites (tertiary alicyclic amines) is 2. The lowest BCUT2D eigenvalue weighted by molar-refractivity contribution is -0.121. The van der Waals surface area contributed by atoms with Crippen LogP contribution in [0.2, 0.25) is 0 Å². The molecule has 0 radical (unpaired) electrons. The van der Waals surface area contributed by atoms with Gasteiger partial charge in [-0.1, -0.05) is 12.1 Å². The summed E-state index contributed by atoms with van der Waals surface area (Å²) >= 11 is 0. The number of ether oxygens (including phenoxy) is 1. The largest absolute Gasteiger partial charge is 0.478 e. The van der Waals surface area contributed by atoms with Crippen LogP contribution in [0.15, 0.2) is 36.8 Å². The zero-order valence-corrected chi connectivity index (χ0v) is 23.1. The van der Waals surface area contributed by atoms with E-state index < -0.39 is 12.2 Å². The highest BCUT2D eigenvalue weighted by Crippen LogP contribution is 2.35. The van der Waals surface area contributed by atoms with E-state index >= 15 is 0 Å². The van der Waals surface area contributed by atoms with Gasteiger partial charge in [-0.15, -0.1) is 5.10 Å². The Labute approximate surface area is 231 Å². The predicted molar refractivity (Wildman–Crippen MR) is 152 cm³/mol. The van der Waals surface area contributed by atoms with Crippen LogP contribution in [0.4, 0.5) is 21.7 Å². The first kappa shape index (κ1) is 26.2. The molecule has 0 bridgehead atoms. The van der Waals surface area contributed by atoms with Crippen LogP contribution in [0.25, 0.3) is 22.2 Å². The van der Waals surface area contributed by atoms with Crippen molar-refractivity contribution >= 4 is 34.1 Å². The Kier molecular flexibility index (Phi) is 6.88. The van der Waals surface area contributed by atoms with E-state index in [4.69, 9.17) is 9.72 Å². The first-order valence-corrected chi connectivity index (χ1v) is 13.5. The van der Waals surface area contributed by atoms with Crippen molar-refractivity contribution in [1.29, 1.82) is 0 Å². The molecule has 1 amide bonds. The van der Waals surface area contributed by atoms with Crippen molar-refractivity contribution in [1.82, 2.24) is 34.5 Å². The summed E-state index contributed by atoms with van der Waals surface area (Å²) in [6.07, 6.45) is 5.62. The van der Waals surface area contributed by atoms with Crippen molar-refractivity contribution in [3.63, 3.8) is 0 Å². The number of hydrogen-bond acceptors (Lipinski definition) is 8. The van der Waals surface area contributed by atoms with E-state index in [9.17, 15) is 9.18 Å². The van der Waals surface area contributed by atoms with Crippen LogP contribution in [0.5, 0.6) is 5.88 Å². The van der Waals surface area contributed by atoms with E-state index in [0.717, 1.165) is 47.2 Å². The minimum absolute atomic E-state index is 0.173. The molecular formula is C28H34FN9O2. The molecule has 2 aliphatic heterocycles. The lowest BCUT2D eigenvalue weighted by atomic mass is 10.1. The summed E-state index contributed by atoms with van der Waals surface area (Å²) in [6, 6.07) is 5.47. The molecule has 3 N–H and O–H groups in total. The number of aromatic nitrogens is 5. The van der Waals surface area contributed by atoms with Gasteiger partial charge in [0, 0.05) is 55.9 Å². The van der Waals surface area contributed by atoms with Gasteiger partial charge in [0.2, 0.25) is 11.9 Å². The molecule has 2 fully saturated rings. The summed E-state index contributed by atoms with van der Waals surface area (Å²) in [5, 5.41) is 11.5. The number of amides is 1. The van der Waals surface area contributed by atoms with Gasteiger partial charge in [0.25, 0.3) is 5.88 Å². The van der Waals surface area contributed by atoms with E-state index in [1.54, 1.807) is 24.2 Å². The Bertz CT molecular complexity index is 1550. The number of fused-ring (bicyclic) bond motifs is 1. The number of likely N-dealkylation sites (N-methyl/N-ethyl adjacent to an activating group) is 1. The minimum atomic E-state index is -0.996. The number of carbonyl (C=O) groups is 1. The van der Waals surface area contributed by atoms with Crippen molar-refractivity contribution in [2.24, 2.45) is 7.05 Å². The van der Waals surface area contributed by atoms with Gasteiger partial charge in [-0.3, -0.25) is 14.4 Å². The number of hydrogen-bond donors (Lipinski definition) is 3. The molecule has 12 heteroatoms. The molecule has 0 aliphatic carbocycles. The Balaban J connectivity index is 1.26. The summed E-state index contributed by atoms with van der Waals surface area (Å²) in [6.45, 7) is 4.08. The number of rotatable bonds is 7. The maximum atomic E-state index is 14.5. The Morgan fingerprint density at radius 1 is 1.23 bits per heavy atom. The van der Waals surface area contributed by atoms with E-state index in [0.29, 0.717) is 29.7 Å². The molecule has 210 valence electrons. The van der Waals surface area contributed by atoms with Crippen molar-refractivity contribution in [2.45, 2.75) is 38.0 Å². The summed E-state index contributed by atoms with van der Waals surface area (Å²) in [5.74, 6) is 0.680. The molecule has 5 heterocycles. The van der Waals surface area contributed by atoms with Gasteiger partial charge in [-0.25, -0.2) is 14.4 Å². The molecule has 3 aromatic heterocycles. The molecule has 4 aromatic rings. The van der Waals surface area contributed by atoms with Gasteiger partial charge in [-0.2, -0.15) is 0 Å². The lowest BCUT2D eigenvalue weighted by Gasteiger charge is -2.29. The third kappa shape index (κ3) is 4.88. The van der Waals surface area contributed by atoms with Gasteiger partial charge in [-0.05, 0) is 38.6 Å². The highest BCUT2D eigenvalue weighted by atomic mass is 19.1. The van der Waals surface area contributed by atoms with E-state index in [1.807, 2.05) is 38.4 Å². The van der Waals surface area contributed by atoms with Crippen LogP contribution in [-0.2, 0) is 11.8 Å². The van der Waals surface area contributed by atoms with E-state index in [-0.39, 0.29) is 18.4 Å². The Morgan fingerprint density at radius 3 is 2.85 bits per heavy atom. The predicted octanol–water partition coefficient (Wildman–Crippen LogP) is 3.47. The highest BCUT2D eigenvalue weighted by molar-refractivity contribution is 6.06. The summed E-state index contributed by atoms with van der Waals surface area (Å²) < 4.78 is 21.5. The molecule has 3 unspecified atom stereocenters. The molecule has 0 saturated carbocycles. The zero-order valence-electron chi connectivity index (χ0n) is 23.1. The van der Waals surface area contributed by atoms with Gasteiger partial charge in [0.15, 0.2) is 0 Å². The number of nitrogens with one attached hydrogen (secondary N) is 3. The van der Waals surface area contributed by atoms with E-state index in [2.05, 4.69) is 42.5 Å². The van der Waals surface area contributed by atoms with Crippen molar-refractivity contribution in [3.05, 3.63) is 42.4 Å². The van der Waals surface area contributed by atoms with Gasteiger partial charge >= 0.3 is 0 Å². The topological polar surface area (TPSA) is 116 Å². The molecule has 0 spiro atoms. The zero-order chi connectivity index (χ0) is 28.0. The van der Waals surface area contributed by atoms with Crippen molar-refractivity contribution in [2.75, 3.05) is 44.4 Å². The standard InChI is InChI=1S/C28H34FN9O2/c1-16-11-31-28(33-22-15-37(3)35-27(22)40-4)34-24(16)20-12-30-25-19(20)6-5-7-21(25)32-26(39)23-10-17(29)13-38(23)18-8-9-36(2)14-18/h5-7,11-12,15,17-18,23,30H,8-10,13-14H2,1-4H3,(H,32,39)(H,31,33,34). The first-order chi connectivity index (χ1) is 19.3. The summed E-state index contributed by atoms with van der Waals surface area (Å²) in [5.41, 5.74) is 4.63. The lowest BCUT2D eigenvalue weighted by Crippen LogP contribution is -2.46. The number of aryl methyl sites for hydroxylation is 2. The van der Waals surface area contributed by atoms with Crippen molar-refractivity contribution < 1.29 is 13.9 Å². The molecular weight excluding hydrogens is 513 g/mol. The summed E-state index contributed by atoms with van der Waals surface area (Å²) in [7, 11) is 5.44. The molecule has 6 rings (SSSR count). The fraction of sp³-hybridized carbons (Fsp3) is 0.429. The number of nitrogens with zero attached hydrogens (tertiary/aromatic N) is 6. The third-order valence-electron chi connectivity index (χ3n) is 7.86. The second kappa shape index (κ2) is 10.5. The quantitative estimate of drug-likeness (QED) is 0.322. The molecule has 2 aliphatic rings. The average molecular weight is 548 g/mol. The second-order valence-corrected chi connectivity index (χ2v) is 10.7. The van der Waals surface area contributed by atoms with Crippen LogP contribution in [0, 0.1) is 6.92 Å². The van der Waals surface area contributed by atoms with E-state index in [1.165, 1.54) is 0 Å². The molecule has 3 atom stereocenters. The SMILES string of the molecule is COc1nn(C)cc1Nc1ncc(C)c(-c2c[nH]c3c(NC(=O)C4CC(F)CN4C4CCN(C)C4)cccc23)n1. The van der Waals surface area contributed by atoms with Gasteiger partial charge in [0.1, 0.15) is 11.9 Å². The van der Waals surface area contributed by atoms with Gasteiger partial charge in [0.05, 0.1) is 36.2 Å².